The number of nitrogens with one attached hydrogen (secondary N) is 1. The van der Waals surface area contributed by atoms with E-state index in [-0.39, 0.29) is 23.6 Å². The average molecular weight is 532 g/mol. The van der Waals surface area contributed by atoms with Crippen LogP contribution in [0.2, 0.25) is 0 Å². The van der Waals surface area contributed by atoms with Gasteiger partial charge in [-0.05, 0) is 71.1 Å². The summed E-state index contributed by atoms with van der Waals surface area (Å²) in [5.41, 5.74) is 2.23. The molecule has 1 saturated heterocycles. The van der Waals surface area contributed by atoms with Gasteiger partial charge in [-0.25, -0.2) is 4.79 Å². The number of carbonyl (C=O) groups excluding carboxylic acids is 3. The number of aromatic nitrogens is 1. The van der Waals surface area contributed by atoms with Gasteiger partial charge in [0.05, 0.1) is 18.2 Å². The van der Waals surface area contributed by atoms with Crippen LogP contribution in [0.3, 0.4) is 0 Å². The van der Waals surface area contributed by atoms with Crippen molar-refractivity contribution in [2.75, 3.05) is 33.8 Å². The molecule has 34 heavy (non-hydrogen) atoms. The van der Waals surface area contributed by atoms with Crippen molar-refractivity contribution >= 4 is 39.3 Å². The van der Waals surface area contributed by atoms with Crippen molar-refractivity contribution in [1.82, 2.24) is 14.8 Å². The van der Waals surface area contributed by atoms with Crippen molar-refractivity contribution < 1.29 is 24.2 Å². The molecule has 0 spiro atoms. The molecule has 2 aromatic rings. The van der Waals surface area contributed by atoms with Crippen molar-refractivity contribution in [3.63, 3.8) is 0 Å². The fraction of sp³-hybridized carbons (Fsp3) is 0.400. The van der Waals surface area contributed by atoms with Gasteiger partial charge in [-0.1, -0.05) is 28.1 Å². The Morgan fingerprint density at radius 2 is 1.85 bits per heavy atom. The summed E-state index contributed by atoms with van der Waals surface area (Å²) in [6.45, 7) is 6.40. The van der Waals surface area contributed by atoms with Gasteiger partial charge in [0, 0.05) is 22.3 Å². The minimum Gasteiger partial charge on any atom is -0.507 e. The highest BCUT2D eigenvalue weighted by Gasteiger charge is 2.46. The second-order valence-electron chi connectivity index (χ2n) is 8.55. The Kier molecular flexibility index (Phi) is 7.99. The van der Waals surface area contributed by atoms with E-state index in [0.29, 0.717) is 35.3 Å². The molecule has 0 aliphatic carbocycles. The number of nitrogens with zero attached hydrogens (tertiary/aromatic N) is 2. The third-order valence-electron chi connectivity index (χ3n) is 5.88. The van der Waals surface area contributed by atoms with E-state index < -0.39 is 23.7 Å². The van der Waals surface area contributed by atoms with Crippen molar-refractivity contribution in [2.45, 2.75) is 33.2 Å². The van der Waals surface area contributed by atoms with Crippen molar-refractivity contribution in [1.29, 1.82) is 0 Å². The highest BCUT2D eigenvalue weighted by molar-refractivity contribution is 9.10. The largest absolute Gasteiger partial charge is 0.507 e. The summed E-state index contributed by atoms with van der Waals surface area (Å²) < 4.78 is 5.96. The molecular weight excluding hydrogens is 502 g/mol. The number of rotatable bonds is 8. The van der Waals surface area contributed by atoms with Crippen LogP contribution >= 0.6 is 15.9 Å². The number of aliphatic hydroxyl groups excluding tert-OH is 1. The monoisotopic (exact) mass is 531 g/mol. The van der Waals surface area contributed by atoms with Gasteiger partial charge in [0.2, 0.25) is 0 Å². The first kappa shape index (κ1) is 25.7. The average Bonchev–Trinajstić information content (AvgIpc) is 3.21. The maximum atomic E-state index is 13.2. The number of Topliss-reactive ketones (excluding diaryl/α,β-unsaturated/α-hetero) is 1. The van der Waals surface area contributed by atoms with Crippen LogP contribution in [0.15, 0.2) is 34.3 Å². The molecule has 3 rings (SSSR count). The van der Waals surface area contributed by atoms with Crippen LogP contribution in [0, 0.1) is 13.8 Å². The van der Waals surface area contributed by atoms with Crippen molar-refractivity contribution in [3.8, 4) is 0 Å². The molecule has 0 radical (unpaired) electrons. The lowest BCUT2D eigenvalue weighted by molar-refractivity contribution is -0.139. The smallest absolute Gasteiger partial charge is 0.355 e. The highest BCUT2D eigenvalue weighted by Crippen LogP contribution is 2.41. The predicted octanol–water partition coefficient (Wildman–Crippen LogP) is 3.94. The van der Waals surface area contributed by atoms with Crippen molar-refractivity contribution in [3.05, 3.63) is 62.4 Å². The Labute approximate surface area is 207 Å². The molecule has 1 fully saturated rings. The SMILES string of the molecule is CCOC(=O)c1[nH]c(C)c(/C(O)=C2\C(=O)C(=O)N(CCCN(C)C)[C@H]2c2ccc(Br)cc2)c1C. The van der Waals surface area contributed by atoms with E-state index in [4.69, 9.17) is 4.74 Å². The number of ketones is 1. The molecule has 0 saturated carbocycles. The second-order valence-corrected chi connectivity index (χ2v) is 9.46. The summed E-state index contributed by atoms with van der Waals surface area (Å²) in [4.78, 5) is 45.1. The molecule has 0 unspecified atom stereocenters. The molecule has 182 valence electrons. The molecule has 1 aromatic heterocycles. The minimum atomic E-state index is -0.743. The van der Waals surface area contributed by atoms with Crippen LogP contribution in [0.1, 0.15) is 52.3 Å². The first-order valence-electron chi connectivity index (χ1n) is 11.1. The van der Waals surface area contributed by atoms with E-state index in [1.807, 2.05) is 43.3 Å². The van der Waals surface area contributed by atoms with Gasteiger partial charge in [0.1, 0.15) is 11.5 Å². The summed E-state index contributed by atoms with van der Waals surface area (Å²) in [6, 6.07) is 6.58. The van der Waals surface area contributed by atoms with E-state index in [1.54, 1.807) is 20.8 Å². The van der Waals surface area contributed by atoms with Gasteiger partial charge in [0.15, 0.2) is 0 Å². The molecule has 1 aliphatic heterocycles. The standard InChI is InChI=1S/C25H30BrN3O5/c1-6-34-25(33)20-14(2)18(15(3)27-20)22(30)19-21(16-8-10-17(26)11-9-16)29(24(32)23(19)31)13-7-12-28(4)5/h8-11,21,27,30H,6-7,12-13H2,1-5H3/b22-19+/t21-/m0/s1. The Hall–Kier alpha value is -2.91. The number of amides is 1. The number of benzene rings is 1. The number of carbonyl (C=O) groups is 3. The summed E-state index contributed by atoms with van der Waals surface area (Å²) in [6.07, 6.45) is 0.669. The fourth-order valence-electron chi connectivity index (χ4n) is 4.31. The molecule has 0 bridgehead atoms. The minimum absolute atomic E-state index is 0.0118. The van der Waals surface area contributed by atoms with Crippen LogP contribution in [0.4, 0.5) is 0 Å². The fourth-order valence-corrected chi connectivity index (χ4v) is 4.57. The lowest BCUT2D eigenvalue weighted by Gasteiger charge is -2.26. The highest BCUT2D eigenvalue weighted by atomic mass is 79.9. The molecule has 1 aliphatic rings. The van der Waals surface area contributed by atoms with Crippen LogP contribution in [0.5, 0.6) is 0 Å². The normalized spacial score (nSPS) is 17.6. The lowest BCUT2D eigenvalue weighted by atomic mass is 9.94. The number of H-pyrrole nitrogens is 1. The van der Waals surface area contributed by atoms with Crippen LogP contribution < -0.4 is 0 Å². The Morgan fingerprint density at radius 3 is 2.44 bits per heavy atom. The van der Waals surface area contributed by atoms with Gasteiger partial charge in [-0.2, -0.15) is 0 Å². The van der Waals surface area contributed by atoms with E-state index in [0.717, 1.165) is 11.0 Å². The number of hydrogen-bond donors (Lipinski definition) is 2. The molecule has 1 aromatic carbocycles. The number of esters is 1. The molecular formula is C25H30BrN3O5. The van der Waals surface area contributed by atoms with E-state index in [1.165, 1.54) is 4.90 Å². The van der Waals surface area contributed by atoms with E-state index >= 15 is 0 Å². The summed E-state index contributed by atoms with van der Waals surface area (Å²) in [7, 11) is 3.89. The molecule has 9 heteroatoms. The van der Waals surface area contributed by atoms with Gasteiger partial charge in [0.25, 0.3) is 11.7 Å². The number of aryl methyl sites for hydroxylation is 1. The first-order chi connectivity index (χ1) is 16.1. The molecule has 2 N–H and O–H groups in total. The topological polar surface area (TPSA) is 103 Å². The Bertz CT molecular complexity index is 1130. The second kappa shape index (κ2) is 10.6. The third kappa shape index (κ3) is 4.95. The zero-order chi connectivity index (χ0) is 25.2. The summed E-state index contributed by atoms with van der Waals surface area (Å²) in [5, 5.41) is 11.4. The maximum absolute atomic E-state index is 13.2. The van der Waals surface area contributed by atoms with Gasteiger partial charge >= 0.3 is 5.97 Å². The number of halogens is 1. The van der Waals surface area contributed by atoms with Gasteiger partial charge in [-0.15, -0.1) is 0 Å². The van der Waals surface area contributed by atoms with Crippen molar-refractivity contribution in [2.24, 2.45) is 0 Å². The van der Waals surface area contributed by atoms with Gasteiger partial charge < -0.3 is 24.6 Å². The quantitative estimate of drug-likeness (QED) is 0.231. The van der Waals surface area contributed by atoms with Crippen LogP contribution in [-0.4, -0.2) is 71.3 Å². The first-order valence-corrected chi connectivity index (χ1v) is 11.9. The number of hydrogen-bond acceptors (Lipinski definition) is 6. The molecule has 2 heterocycles. The van der Waals surface area contributed by atoms with Gasteiger partial charge in [-0.3, -0.25) is 9.59 Å². The van der Waals surface area contributed by atoms with E-state index in [9.17, 15) is 19.5 Å². The molecule has 1 atom stereocenters. The Morgan fingerprint density at radius 1 is 1.21 bits per heavy atom. The third-order valence-corrected chi connectivity index (χ3v) is 6.41. The number of aromatic amines is 1. The number of likely N-dealkylation sites (tertiary alicyclic amines) is 1. The van der Waals surface area contributed by atoms with Crippen LogP contribution in [0.25, 0.3) is 5.76 Å². The zero-order valence-electron chi connectivity index (χ0n) is 20.1. The summed E-state index contributed by atoms with van der Waals surface area (Å²) >= 11 is 3.42. The maximum Gasteiger partial charge on any atom is 0.355 e. The number of aliphatic hydroxyl groups is 1. The number of ether oxygens (including phenoxy) is 1. The molecule has 8 nitrogen and oxygen atoms in total. The molecule has 1 amide bonds. The van der Waals surface area contributed by atoms with E-state index in [2.05, 4.69) is 20.9 Å². The zero-order valence-corrected chi connectivity index (χ0v) is 21.7. The Balaban J connectivity index is 2.15. The lowest BCUT2D eigenvalue weighted by Crippen LogP contribution is -2.32. The van der Waals surface area contributed by atoms with Crippen LogP contribution in [-0.2, 0) is 14.3 Å². The summed E-state index contributed by atoms with van der Waals surface area (Å²) in [5.74, 6) is -2.24. The predicted molar refractivity (Wildman–Crippen MR) is 133 cm³/mol.